The van der Waals surface area contributed by atoms with Crippen LogP contribution in [0.2, 0.25) is 0 Å². The number of halogens is 2. The Morgan fingerprint density at radius 2 is 2.00 bits per heavy atom. The second-order valence-electron chi connectivity index (χ2n) is 4.30. The van der Waals surface area contributed by atoms with Gasteiger partial charge in [0.25, 0.3) is 0 Å². The number of nitrogens with zero attached hydrogens (tertiary/aromatic N) is 1. The number of benzene rings is 1. The van der Waals surface area contributed by atoms with Gasteiger partial charge in [0.2, 0.25) is 0 Å². The zero-order valence-electron chi connectivity index (χ0n) is 11.2. The fourth-order valence-corrected chi connectivity index (χ4v) is 2.26. The average molecular weight is 323 g/mol. The Kier molecular flexibility index (Phi) is 8.57. The summed E-state index contributed by atoms with van der Waals surface area (Å²) in [7, 11) is 1.58. The van der Waals surface area contributed by atoms with Crippen LogP contribution in [0.25, 0.3) is 0 Å². The number of hydrogen-bond acceptors (Lipinski definition) is 4. The van der Waals surface area contributed by atoms with E-state index in [4.69, 9.17) is 4.74 Å². The van der Waals surface area contributed by atoms with E-state index in [1.807, 2.05) is 23.1 Å². The van der Waals surface area contributed by atoms with E-state index in [9.17, 15) is 9.90 Å². The molecule has 1 heterocycles. The minimum atomic E-state index is -0.815. The molecule has 0 radical (unpaired) electrons. The van der Waals surface area contributed by atoms with Gasteiger partial charge in [0, 0.05) is 26.2 Å². The van der Waals surface area contributed by atoms with Crippen molar-refractivity contribution in [3.63, 3.8) is 0 Å². The van der Waals surface area contributed by atoms with E-state index in [1.54, 1.807) is 13.2 Å². The number of carboxylic acid groups (broad SMARTS) is 1. The molecule has 1 fully saturated rings. The normalized spacial score (nSPS) is 16.4. The van der Waals surface area contributed by atoms with Gasteiger partial charge in [0.15, 0.2) is 0 Å². The minimum absolute atomic E-state index is 0. The first-order valence-electron chi connectivity index (χ1n) is 6.04. The number of carbonyl (C=O) groups is 1. The van der Waals surface area contributed by atoms with Crippen molar-refractivity contribution in [2.75, 3.05) is 33.3 Å². The van der Waals surface area contributed by atoms with Crippen molar-refractivity contribution in [3.05, 3.63) is 29.8 Å². The van der Waals surface area contributed by atoms with Crippen LogP contribution in [0.5, 0.6) is 5.75 Å². The van der Waals surface area contributed by atoms with Gasteiger partial charge in [0.05, 0.1) is 7.11 Å². The van der Waals surface area contributed by atoms with Crippen LogP contribution in [-0.4, -0.2) is 49.3 Å². The number of methoxy groups -OCH3 is 1. The highest BCUT2D eigenvalue weighted by molar-refractivity contribution is 5.85. The van der Waals surface area contributed by atoms with Crippen molar-refractivity contribution in [2.45, 2.75) is 6.04 Å². The van der Waals surface area contributed by atoms with Crippen LogP contribution >= 0.6 is 24.8 Å². The van der Waals surface area contributed by atoms with E-state index in [-0.39, 0.29) is 24.8 Å². The zero-order chi connectivity index (χ0) is 13.0. The lowest BCUT2D eigenvalue weighted by Crippen LogP contribution is -2.47. The number of carboxylic acids is 1. The Bertz CT molecular complexity index is 426. The molecule has 1 saturated heterocycles. The van der Waals surface area contributed by atoms with E-state index >= 15 is 0 Å². The number of hydrogen-bond donors (Lipinski definition) is 2. The summed E-state index contributed by atoms with van der Waals surface area (Å²) in [4.78, 5) is 13.5. The van der Waals surface area contributed by atoms with Crippen molar-refractivity contribution in [1.29, 1.82) is 0 Å². The lowest BCUT2D eigenvalue weighted by molar-refractivity contribution is -0.143. The van der Waals surface area contributed by atoms with Gasteiger partial charge in [-0.15, -0.1) is 24.8 Å². The summed E-state index contributed by atoms with van der Waals surface area (Å²) >= 11 is 0. The second-order valence-corrected chi connectivity index (χ2v) is 4.30. The van der Waals surface area contributed by atoms with Gasteiger partial charge in [-0.3, -0.25) is 9.69 Å². The van der Waals surface area contributed by atoms with Crippen LogP contribution in [0.15, 0.2) is 24.3 Å². The van der Waals surface area contributed by atoms with Crippen molar-refractivity contribution in [2.24, 2.45) is 0 Å². The first kappa shape index (κ1) is 19.0. The molecule has 114 valence electrons. The van der Waals surface area contributed by atoms with Crippen molar-refractivity contribution in [3.8, 4) is 5.75 Å². The van der Waals surface area contributed by atoms with E-state index in [2.05, 4.69) is 5.32 Å². The van der Waals surface area contributed by atoms with Gasteiger partial charge in [0.1, 0.15) is 11.8 Å². The minimum Gasteiger partial charge on any atom is -0.497 e. The number of nitrogens with one attached hydrogen (secondary N) is 1. The molecule has 1 aliphatic rings. The van der Waals surface area contributed by atoms with Crippen molar-refractivity contribution in [1.82, 2.24) is 10.2 Å². The van der Waals surface area contributed by atoms with Crippen LogP contribution in [0, 0.1) is 0 Å². The van der Waals surface area contributed by atoms with Gasteiger partial charge >= 0.3 is 5.97 Å². The van der Waals surface area contributed by atoms with Gasteiger partial charge in [-0.25, -0.2) is 0 Å². The second kappa shape index (κ2) is 9.02. The largest absolute Gasteiger partial charge is 0.497 e. The fraction of sp³-hybridized carbons (Fsp3) is 0.462. The summed E-state index contributed by atoms with van der Waals surface area (Å²) in [6, 6.07) is 6.68. The maximum atomic E-state index is 11.5. The third-order valence-electron chi connectivity index (χ3n) is 3.16. The smallest absolute Gasteiger partial charge is 0.325 e. The maximum Gasteiger partial charge on any atom is 0.325 e. The van der Waals surface area contributed by atoms with Crippen LogP contribution in [0.4, 0.5) is 0 Å². The molecule has 1 aromatic rings. The average Bonchev–Trinajstić information content (AvgIpc) is 2.40. The van der Waals surface area contributed by atoms with E-state index in [1.165, 1.54) is 0 Å². The molecular formula is C13H20Cl2N2O3. The molecule has 7 heteroatoms. The summed E-state index contributed by atoms with van der Waals surface area (Å²) in [5, 5.41) is 12.7. The monoisotopic (exact) mass is 322 g/mol. The highest BCUT2D eigenvalue weighted by atomic mass is 35.5. The lowest BCUT2D eigenvalue weighted by Gasteiger charge is -2.32. The maximum absolute atomic E-state index is 11.5. The Labute approximate surface area is 131 Å². The van der Waals surface area contributed by atoms with E-state index in [0.717, 1.165) is 31.7 Å². The van der Waals surface area contributed by atoms with Gasteiger partial charge in [-0.1, -0.05) is 12.1 Å². The molecule has 1 aliphatic heterocycles. The first-order valence-corrected chi connectivity index (χ1v) is 6.04. The number of rotatable bonds is 4. The molecule has 1 aromatic carbocycles. The molecule has 0 spiro atoms. The molecule has 1 unspecified atom stereocenters. The predicted molar refractivity (Wildman–Crippen MR) is 82.3 cm³/mol. The van der Waals surface area contributed by atoms with Gasteiger partial charge in [-0.2, -0.15) is 0 Å². The number of aliphatic carboxylic acids is 1. The molecule has 0 aromatic heterocycles. The Hall–Kier alpha value is -1.01. The topological polar surface area (TPSA) is 61.8 Å². The Balaban J connectivity index is 0.00000180. The van der Waals surface area contributed by atoms with Crippen LogP contribution in [0.1, 0.15) is 11.6 Å². The summed E-state index contributed by atoms with van der Waals surface area (Å²) in [5.74, 6) is -0.126. The summed E-state index contributed by atoms with van der Waals surface area (Å²) < 4.78 is 5.15. The SMILES string of the molecule is COc1cccc(C(C(=O)O)N2CCNCC2)c1.Cl.Cl. The fourth-order valence-electron chi connectivity index (χ4n) is 2.26. The highest BCUT2D eigenvalue weighted by Crippen LogP contribution is 2.24. The number of piperazine rings is 1. The van der Waals surface area contributed by atoms with Crippen LogP contribution in [-0.2, 0) is 4.79 Å². The molecule has 0 saturated carbocycles. The first-order chi connectivity index (χ1) is 8.72. The highest BCUT2D eigenvalue weighted by Gasteiger charge is 2.28. The van der Waals surface area contributed by atoms with Crippen molar-refractivity contribution >= 4 is 30.8 Å². The summed E-state index contributed by atoms with van der Waals surface area (Å²) in [5.41, 5.74) is 0.767. The van der Waals surface area contributed by atoms with E-state index < -0.39 is 12.0 Å². The van der Waals surface area contributed by atoms with Crippen LogP contribution in [0.3, 0.4) is 0 Å². The molecule has 5 nitrogen and oxygen atoms in total. The summed E-state index contributed by atoms with van der Waals surface area (Å²) in [6.07, 6.45) is 0. The van der Waals surface area contributed by atoms with Gasteiger partial charge < -0.3 is 15.2 Å². The summed E-state index contributed by atoms with van der Waals surface area (Å²) in [6.45, 7) is 3.14. The van der Waals surface area contributed by atoms with Gasteiger partial charge in [-0.05, 0) is 17.7 Å². The quantitative estimate of drug-likeness (QED) is 0.881. The zero-order valence-corrected chi connectivity index (χ0v) is 12.9. The molecular weight excluding hydrogens is 303 g/mol. The lowest BCUT2D eigenvalue weighted by atomic mass is 10.0. The van der Waals surface area contributed by atoms with E-state index in [0.29, 0.717) is 5.75 Å². The third kappa shape index (κ3) is 4.52. The third-order valence-corrected chi connectivity index (χ3v) is 3.16. The molecule has 1 atom stereocenters. The molecule has 0 bridgehead atoms. The number of ether oxygens (including phenoxy) is 1. The molecule has 20 heavy (non-hydrogen) atoms. The standard InChI is InChI=1S/C13H18N2O3.2ClH/c1-18-11-4-2-3-10(9-11)12(13(16)17)15-7-5-14-6-8-15;;/h2-4,9,12,14H,5-8H2,1H3,(H,16,17);2*1H. The predicted octanol–water partition coefficient (Wildman–Crippen LogP) is 1.57. The van der Waals surface area contributed by atoms with Crippen molar-refractivity contribution < 1.29 is 14.6 Å². The molecule has 2 rings (SSSR count). The molecule has 0 amide bonds. The molecule has 2 N–H and O–H groups in total. The Morgan fingerprint density at radius 1 is 1.35 bits per heavy atom. The molecule has 0 aliphatic carbocycles. The van der Waals surface area contributed by atoms with Crippen LogP contribution < -0.4 is 10.1 Å². The Morgan fingerprint density at radius 3 is 2.55 bits per heavy atom.